The number of carbonyl (C=O) groups is 2. The van der Waals surface area contributed by atoms with Gasteiger partial charge in [-0.1, -0.05) is 50.7 Å². The fourth-order valence-corrected chi connectivity index (χ4v) is 2.69. The second kappa shape index (κ2) is 17.5. The van der Waals surface area contributed by atoms with Gasteiger partial charge in [0.15, 0.2) is 0 Å². The van der Waals surface area contributed by atoms with Gasteiger partial charge >= 0.3 is 5.97 Å². The molecular weight excluding hydrogens is 314 g/mol. The molecule has 0 rings (SSSR count). The highest BCUT2D eigenvalue weighted by Gasteiger charge is 2.02. The minimum absolute atomic E-state index is 0.0926. The number of hydrogen-bond donors (Lipinski definition) is 0. The summed E-state index contributed by atoms with van der Waals surface area (Å²) in [5.74, 6) is 0.149. The van der Waals surface area contributed by atoms with E-state index >= 15 is 0 Å². The van der Waals surface area contributed by atoms with Crippen LogP contribution in [0.2, 0.25) is 0 Å². The average Bonchev–Trinajstić information content (AvgIpc) is 2.60. The molecular formula is C21H39NO3. The molecule has 0 aliphatic rings. The molecule has 0 N–H and O–H groups in total. The van der Waals surface area contributed by atoms with Crippen LogP contribution in [0.3, 0.4) is 0 Å². The molecule has 0 spiro atoms. The molecule has 0 saturated heterocycles. The van der Waals surface area contributed by atoms with E-state index in [0.717, 1.165) is 19.3 Å². The van der Waals surface area contributed by atoms with Gasteiger partial charge in [-0.25, -0.2) is 0 Å². The Hall–Kier alpha value is -1.32. The summed E-state index contributed by atoms with van der Waals surface area (Å²) in [5, 5.41) is 0. The SMILES string of the molecule is COC(=O)CCCCCCC/C=C/CCCCCCCC(=O)N(C)C. The highest BCUT2D eigenvalue weighted by atomic mass is 16.5. The molecule has 0 unspecified atom stereocenters. The molecule has 146 valence electrons. The Morgan fingerprint density at radius 1 is 0.720 bits per heavy atom. The van der Waals surface area contributed by atoms with Crippen molar-refractivity contribution in [3.63, 3.8) is 0 Å². The molecule has 4 heteroatoms. The summed E-state index contributed by atoms with van der Waals surface area (Å²) >= 11 is 0. The first-order chi connectivity index (χ1) is 12.1. The van der Waals surface area contributed by atoms with Crippen LogP contribution in [0.25, 0.3) is 0 Å². The highest BCUT2D eigenvalue weighted by Crippen LogP contribution is 2.10. The molecule has 0 aliphatic carbocycles. The lowest BCUT2D eigenvalue weighted by molar-refractivity contribution is -0.140. The lowest BCUT2D eigenvalue weighted by Crippen LogP contribution is -2.20. The second-order valence-electron chi connectivity index (χ2n) is 6.95. The van der Waals surface area contributed by atoms with Crippen LogP contribution in [0.1, 0.15) is 89.9 Å². The first kappa shape index (κ1) is 23.7. The summed E-state index contributed by atoms with van der Waals surface area (Å²) in [4.78, 5) is 24.0. The van der Waals surface area contributed by atoms with Crippen LogP contribution < -0.4 is 0 Å². The van der Waals surface area contributed by atoms with E-state index in [2.05, 4.69) is 16.9 Å². The van der Waals surface area contributed by atoms with Gasteiger partial charge in [0.05, 0.1) is 7.11 Å². The van der Waals surface area contributed by atoms with Crippen molar-refractivity contribution in [3.05, 3.63) is 12.2 Å². The molecule has 0 aliphatic heterocycles. The lowest BCUT2D eigenvalue weighted by atomic mass is 10.1. The van der Waals surface area contributed by atoms with E-state index in [1.807, 2.05) is 14.1 Å². The molecule has 1 amide bonds. The summed E-state index contributed by atoms with van der Waals surface area (Å²) in [7, 11) is 5.09. The van der Waals surface area contributed by atoms with E-state index in [4.69, 9.17) is 0 Å². The van der Waals surface area contributed by atoms with Crippen LogP contribution in [-0.2, 0) is 14.3 Å². The first-order valence-electron chi connectivity index (χ1n) is 10.00. The first-order valence-corrected chi connectivity index (χ1v) is 10.00. The van der Waals surface area contributed by atoms with Crippen LogP contribution in [0.4, 0.5) is 0 Å². The van der Waals surface area contributed by atoms with Crippen LogP contribution in [0, 0.1) is 0 Å². The maximum absolute atomic E-state index is 11.4. The predicted octanol–water partition coefficient (Wildman–Crippen LogP) is 5.27. The zero-order valence-electron chi connectivity index (χ0n) is 16.7. The maximum atomic E-state index is 11.4. The van der Waals surface area contributed by atoms with Gasteiger partial charge in [0.25, 0.3) is 0 Å². The monoisotopic (exact) mass is 353 g/mol. The van der Waals surface area contributed by atoms with Crippen LogP contribution in [-0.4, -0.2) is 38.0 Å². The Balaban J connectivity index is 3.21. The van der Waals surface area contributed by atoms with E-state index in [0.29, 0.717) is 12.8 Å². The fraction of sp³-hybridized carbons (Fsp3) is 0.810. The molecule has 0 bridgehead atoms. The second-order valence-corrected chi connectivity index (χ2v) is 6.95. The molecule has 0 atom stereocenters. The van der Waals surface area contributed by atoms with Crippen LogP contribution in [0.5, 0.6) is 0 Å². The average molecular weight is 354 g/mol. The number of ether oxygens (including phenoxy) is 1. The number of nitrogens with zero attached hydrogens (tertiary/aromatic N) is 1. The Morgan fingerprint density at radius 3 is 1.64 bits per heavy atom. The topological polar surface area (TPSA) is 46.6 Å². The van der Waals surface area contributed by atoms with Crippen molar-refractivity contribution in [1.82, 2.24) is 4.90 Å². The van der Waals surface area contributed by atoms with E-state index in [1.165, 1.54) is 64.9 Å². The van der Waals surface area contributed by atoms with Gasteiger partial charge in [0.1, 0.15) is 0 Å². The summed E-state index contributed by atoms with van der Waals surface area (Å²) in [6.07, 6.45) is 19.9. The molecule has 0 heterocycles. The van der Waals surface area contributed by atoms with Crippen molar-refractivity contribution in [1.29, 1.82) is 0 Å². The Kier molecular flexibility index (Phi) is 16.6. The Labute approximate surface area is 155 Å². The number of methoxy groups -OCH3 is 1. The number of amides is 1. The number of rotatable bonds is 16. The smallest absolute Gasteiger partial charge is 0.305 e. The third-order valence-electron chi connectivity index (χ3n) is 4.41. The van der Waals surface area contributed by atoms with E-state index in [9.17, 15) is 9.59 Å². The zero-order chi connectivity index (χ0) is 18.8. The van der Waals surface area contributed by atoms with Crippen LogP contribution >= 0.6 is 0 Å². The van der Waals surface area contributed by atoms with E-state index in [1.54, 1.807) is 4.90 Å². The Bertz CT molecular complexity index is 364. The molecule has 25 heavy (non-hydrogen) atoms. The predicted molar refractivity (Wildman–Crippen MR) is 104 cm³/mol. The zero-order valence-corrected chi connectivity index (χ0v) is 16.7. The molecule has 4 nitrogen and oxygen atoms in total. The van der Waals surface area contributed by atoms with Gasteiger partial charge in [-0.15, -0.1) is 0 Å². The standard InChI is InChI=1S/C21H39NO3/c1-22(2)20(23)18-16-14-12-10-8-6-4-5-7-9-11-13-15-17-19-21(24)25-3/h4-5H,6-19H2,1-3H3/b5-4+. The lowest BCUT2D eigenvalue weighted by Gasteiger charge is -2.09. The van der Waals surface area contributed by atoms with Crippen LogP contribution in [0.15, 0.2) is 12.2 Å². The van der Waals surface area contributed by atoms with Gasteiger partial charge in [-0.3, -0.25) is 9.59 Å². The van der Waals surface area contributed by atoms with Crippen molar-refractivity contribution in [2.24, 2.45) is 0 Å². The summed E-state index contributed by atoms with van der Waals surface area (Å²) in [6, 6.07) is 0. The minimum Gasteiger partial charge on any atom is -0.469 e. The number of unbranched alkanes of at least 4 members (excludes halogenated alkanes) is 10. The van der Waals surface area contributed by atoms with Crippen molar-refractivity contribution < 1.29 is 14.3 Å². The summed E-state index contributed by atoms with van der Waals surface area (Å²) in [5.41, 5.74) is 0. The van der Waals surface area contributed by atoms with E-state index < -0.39 is 0 Å². The van der Waals surface area contributed by atoms with Crippen molar-refractivity contribution in [2.45, 2.75) is 89.9 Å². The molecule has 0 aromatic rings. The normalized spacial score (nSPS) is 11.0. The van der Waals surface area contributed by atoms with Gasteiger partial charge in [0, 0.05) is 26.9 Å². The molecule has 0 aromatic carbocycles. The number of hydrogen-bond acceptors (Lipinski definition) is 3. The summed E-state index contributed by atoms with van der Waals surface area (Å²) < 4.78 is 4.62. The van der Waals surface area contributed by atoms with Gasteiger partial charge < -0.3 is 9.64 Å². The van der Waals surface area contributed by atoms with E-state index in [-0.39, 0.29) is 11.9 Å². The van der Waals surface area contributed by atoms with Gasteiger partial charge in [-0.2, -0.15) is 0 Å². The van der Waals surface area contributed by atoms with Crippen molar-refractivity contribution in [3.8, 4) is 0 Å². The highest BCUT2D eigenvalue weighted by molar-refractivity contribution is 5.75. The van der Waals surface area contributed by atoms with Gasteiger partial charge in [-0.05, 0) is 38.5 Å². The fourth-order valence-electron chi connectivity index (χ4n) is 2.69. The van der Waals surface area contributed by atoms with Gasteiger partial charge in [0.2, 0.25) is 5.91 Å². The third kappa shape index (κ3) is 17.3. The summed E-state index contributed by atoms with van der Waals surface area (Å²) in [6.45, 7) is 0. The minimum atomic E-state index is -0.0926. The van der Waals surface area contributed by atoms with Crippen molar-refractivity contribution >= 4 is 11.9 Å². The molecule has 0 fully saturated rings. The number of carbonyl (C=O) groups excluding carboxylic acids is 2. The molecule has 0 saturated carbocycles. The maximum Gasteiger partial charge on any atom is 0.305 e. The van der Waals surface area contributed by atoms with Crippen molar-refractivity contribution in [2.75, 3.05) is 21.2 Å². The third-order valence-corrected chi connectivity index (χ3v) is 4.41. The Morgan fingerprint density at radius 2 is 1.16 bits per heavy atom. The molecule has 0 radical (unpaired) electrons. The molecule has 0 aromatic heterocycles. The number of allylic oxidation sites excluding steroid dienone is 2. The quantitative estimate of drug-likeness (QED) is 0.216. The number of esters is 1. The largest absolute Gasteiger partial charge is 0.469 e.